The Bertz CT molecular complexity index is 964. The van der Waals surface area contributed by atoms with E-state index in [0.29, 0.717) is 6.42 Å². The summed E-state index contributed by atoms with van der Waals surface area (Å²) >= 11 is 3.49. The fourth-order valence-electron chi connectivity index (χ4n) is 3.19. The largest absolute Gasteiger partial charge is 0.280 e. The number of anilines is 1. The molecule has 3 aromatic rings. The molecule has 0 aromatic heterocycles. The first-order valence-electron chi connectivity index (χ1n) is 8.77. The number of fused-ring (bicyclic) bond motifs is 1. The molecule has 0 atom stereocenters. The van der Waals surface area contributed by atoms with E-state index in [0.717, 1.165) is 37.8 Å². The van der Waals surface area contributed by atoms with Crippen molar-refractivity contribution in [2.45, 2.75) is 27.2 Å². The fraction of sp³-hybridized carbons (Fsp3) is 0.174. The Labute approximate surface area is 163 Å². The molecule has 0 heterocycles. The van der Waals surface area contributed by atoms with Gasteiger partial charge in [-0.3, -0.25) is 9.69 Å². The molecule has 0 saturated carbocycles. The van der Waals surface area contributed by atoms with E-state index in [1.54, 1.807) is 0 Å². The molecule has 0 aliphatic carbocycles. The van der Waals surface area contributed by atoms with E-state index in [2.05, 4.69) is 48.0 Å². The molecule has 0 spiro atoms. The number of nitrogens with zero attached hydrogens (tertiary/aromatic N) is 1. The summed E-state index contributed by atoms with van der Waals surface area (Å²) in [6, 6.07) is 22.4. The van der Waals surface area contributed by atoms with E-state index in [9.17, 15) is 4.79 Å². The summed E-state index contributed by atoms with van der Waals surface area (Å²) in [5.41, 5.74) is 4.00. The number of halogens is 1. The van der Waals surface area contributed by atoms with Gasteiger partial charge in [0.25, 0.3) is 0 Å². The van der Waals surface area contributed by atoms with Crippen LogP contribution in [0.1, 0.15) is 32.8 Å². The van der Waals surface area contributed by atoms with Gasteiger partial charge in [0.05, 0.1) is 11.4 Å². The van der Waals surface area contributed by atoms with Crippen molar-refractivity contribution < 1.29 is 4.79 Å². The topological polar surface area (TPSA) is 20.3 Å². The summed E-state index contributed by atoms with van der Waals surface area (Å²) in [6.07, 6.45) is 0.441. The van der Waals surface area contributed by atoms with Crippen LogP contribution in [0.5, 0.6) is 0 Å². The van der Waals surface area contributed by atoms with E-state index in [-0.39, 0.29) is 5.91 Å². The lowest BCUT2D eigenvalue weighted by Crippen LogP contribution is -2.29. The Balaban J connectivity index is 2.26. The van der Waals surface area contributed by atoms with Gasteiger partial charge >= 0.3 is 0 Å². The van der Waals surface area contributed by atoms with Crippen LogP contribution in [-0.4, -0.2) is 5.91 Å². The number of benzene rings is 3. The zero-order valence-electron chi connectivity index (χ0n) is 15.3. The molecular formula is C23H22BrNO. The highest BCUT2D eigenvalue weighted by Gasteiger charge is 2.23. The minimum Gasteiger partial charge on any atom is -0.280 e. The predicted molar refractivity (Wildman–Crippen MR) is 114 cm³/mol. The number of rotatable bonds is 4. The molecule has 26 heavy (non-hydrogen) atoms. The third-order valence-corrected chi connectivity index (χ3v) is 4.90. The first-order chi connectivity index (χ1) is 12.5. The molecule has 0 unspecified atom stereocenters. The Morgan fingerprint density at radius 1 is 0.923 bits per heavy atom. The molecule has 3 heteroatoms. The first kappa shape index (κ1) is 18.4. The van der Waals surface area contributed by atoms with Crippen LogP contribution in [0.3, 0.4) is 0 Å². The maximum Gasteiger partial charge on any atom is 0.231 e. The highest BCUT2D eigenvalue weighted by atomic mass is 79.9. The van der Waals surface area contributed by atoms with Crippen LogP contribution in [0.2, 0.25) is 0 Å². The van der Waals surface area contributed by atoms with Gasteiger partial charge in [-0.1, -0.05) is 77.0 Å². The Hall–Kier alpha value is -2.39. The van der Waals surface area contributed by atoms with Crippen molar-refractivity contribution >= 4 is 44.0 Å². The smallest absolute Gasteiger partial charge is 0.231 e. The van der Waals surface area contributed by atoms with Crippen molar-refractivity contribution in [3.63, 3.8) is 0 Å². The molecule has 0 fully saturated rings. The van der Waals surface area contributed by atoms with Crippen molar-refractivity contribution in [1.82, 2.24) is 0 Å². The Morgan fingerprint density at radius 2 is 1.58 bits per heavy atom. The first-order valence-corrected chi connectivity index (χ1v) is 9.56. The molecule has 2 nitrogen and oxygen atoms in total. The summed E-state index contributed by atoms with van der Waals surface area (Å²) in [5, 5.41) is 2.20. The summed E-state index contributed by atoms with van der Waals surface area (Å²) < 4.78 is 1.02. The van der Waals surface area contributed by atoms with Gasteiger partial charge in [-0.2, -0.15) is 0 Å². The van der Waals surface area contributed by atoms with Crippen LogP contribution in [-0.2, 0) is 4.79 Å². The lowest BCUT2D eigenvalue weighted by molar-refractivity contribution is -0.117. The van der Waals surface area contributed by atoms with Gasteiger partial charge in [0.1, 0.15) is 0 Å². The van der Waals surface area contributed by atoms with Gasteiger partial charge in [0, 0.05) is 16.3 Å². The van der Waals surface area contributed by atoms with Gasteiger partial charge < -0.3 is 0 Å². The van der Waals surface area contributed by atoms with Crippen molar-refractivity contribution in [2.24, 2.45) is 0 Å². The average Bonchev–Trinajstić information content (AvgIpc) is 2.66. The maximum absolute atomic E-state index is 13.0. The molecule has 3 aromatic carbocycles. The molecule has 3 rings (SSSR count). The molecule has 132 valence electrons. The van der Waals surface area contributed by atoms with E-state index in [1.165, 1.54) is 0 Å². The maximum atomic E-state index is 13.0. The van der Waals surface area contributed by atoms with Crippen LogP contribution in [0.15, 0.2) is 76.8 Å². The van der Waals surface area contributed by atoms with Crippen molar-refractivity contribution in [2.75, 3.05) is 4.90 Å². The lowest BCUT2D eigenvalue weighted by Gasteiger charge is -2.28. The molecule has 1 amide bonds. The quantitative estimate of drug-likeness (QED) is 0.465. The minimum atomic E-state index is 0.0838. The monoisotopic (exact) mass is 407 g/mol. The number of hydrogen-bond donors (Lipinski definition) is 0. The summed E-state index contributed by atoms with van der Waals surface area (Å²) in [4.78, 5) is 14.9. The molecule has 0 radical (unpaired) electrons. The van der Waals surface area contributed by atoms with E-state index in [4.69, 9.17) is 0 Å². The second-order valence-electron chi connectivity index (χ2n) is 6.44. The van der Waals surface area contributed by atoms with Gasteiger partial charge in [-0.25, -0.2) is 0 Å². The lowest BCUT2D eigenvalue weighted by atomic mass is 10.0. The third-order valence-electron chi connectivity index (χ3n) is 4.37. The van der Waals surface area contributed by atoms with E-state index >= 15 is 0 Å². The number of hydrogen-bond acceptors (Lipinski definition) is 1. The zero-order valence-corrected chi connectivity index (χ0v) is 16.9. The molecule has 0 saturated heterocycles. The van der Waals surface area contributed by atoms with E-state index in [1.807, 2.05) is 60.4 Å². The van der Waals surface area contributed by atoms with Crippen molar-refractivity contribution in [3.05, 3.63) is 82.3 Å². The van der Waals surface area contributed by atoms with E-state index < -0.39 is 0 Å². The number of allylic oxidation sites excluding steroid dienone is 1. The van der Waals surface area contributed by atoms with Crippen molar-refractivity contribution in [3.8, 4) is 0 Å². The molecule has 0 aliphatic rings. The molecular weight excluding hydrogens is 386 g/mol. The Kier molecular flexibility index (Phi) is 5.58. The second-order valence-corrected chi connectivity index (χ2v) is 7.35. The zero-order chi connectivity index (χ0) is 18.7. The SMILES string of the molecule is CCC(=O)N(C(=C(C)C)c1ccc(Br)cc1)c1cccc2ccccc12. The molecule has 0 N–H and O–H groups in total. The summed E-state index contributed by atoms with van der Waals surface area (Å²) in [7, 11) is 0. The number of carbonyl (C=O) groups excluding carboxylic acids is 1. The van der Waals surface area contributed by atoms with Crippen LogP contribution in [0.25, 0.3) is 16.5 Å². The van der Waals surface area contributed by atoms with Gasteiger partial charge in [-0.05, 0) is 43.0 Å². The molecule has 0 aliphatic heterocycles. The standard InChI is InChI=1S/C23H22BrNO/c1-4-22(26)25(21-11-7-9-17-8-5-6-10-20(17)21)23(16(2)3)18-12-14-19(24)15-13-18/h5-15H,4H2,1-3H3. The highest BCUT2D eigenvalue weighted by molar-refractivity contribution is 9.10. The van der Waals surface area contributed by atoms with Crippen LogP contribution >= 0.6 is 15.9 Å². The predicted octanol–water partition coefficient (Wildman–Crippen LogP) is 6.80. The van der Waals surface area contributed by atoms with Crippen LogP contribution < -0.4 is 4.90 Å². The van der Waals surface area contributed by atoms with Crippen LogP contribution in [0.4, 0.5) is 5.69 Å². The fourth-order valence-corrected chi connectivity index (χ4v) is 3.45. The number of carbonyl (C=O) groups is 1. The highest BCUT2D eigenvalue weighted by Crippen LogP contribution is 2.35. The van der Waals surface area contributed by atoms with Gasteiger partial charge in [0.15, 0.2) is 0 Å². The van der Waals surface area contributed by atoms with Gasteiger partial charge in [-0.15, -0.1) is 0 Å². The second kappa shape index (κ2) is 7.88. The average molecular weight is 408 g/mol. The Morgan fingerprint density at radius 3 is 2.23 bits per heavy atom. The van der Waals surface area contributed by atoms with Crippen molar-refractivity contribution in [1.29, 1.82) is 0 Å². The summed E-state index contributed by atoms with van der Waals surface area (Å²) in [5.74, 6) is 0.0838. The third kappa shape index (κ3) is 3.58. The summed E-state index contributed by atoms with van der Waals surface area (Å²) in [6.45, 7) is 6.02. The van der Waals surface area contributed by atoms with Crippen LogP contribution in [0, 0.1) is 0 Å². The van der Waals surface area contributed by atoms with Gasteiger partial charge in [0.2, 0.25) is 5.91 Å². The number of amides is 1. The normalized spacial score (nSPS) is 10.6. The minimum absolute atomic E-state index is 0.0838. The molecule has 0 bridgehead atoms.